The summed E-state index contributed by atoms with van der Waals surface area (Å²) < 4.78 is 46.0. The van der Waals surface area contributed by atoms with Gasteiger partial charge in [0.05, 0.1) is 10.9 Å². The number of halogens is 1. The van der Waals surface area contributed by atoms with Crippen LogP contribution in [0.3, 0.4) is 0 Å². The van der Waals surface area contributed by atoms with Gasteiger partial charge in [0.25, 0.3) is 0 Å². The molecule has 4 rings (SSSR count). The first-order valence-electron chi connectivity index (χ1n) is 9.75. The topological polar surface area (TPSA) is 79.5 Å². The molecule has 0 saturated carbocycles. The van der Waals surface area contributed by atoms with E-state index < -0.39 is 10.0 Å². The second-order valence-electron chi connectivity index (χ2n) is 7.35. The molecule has 30 heavy (non-hydrogen) atoms. The van der Waals surface area contributed by atoms with E-state index in [2.05, 4.69) is 15.0 Å². The molecular formula is C21H23FN4O3S. The minimum atomic E-state index is -3.49. The van der Waals surface area contributed by atoms with Gasteiger partial charge in [-0.05, 0) is 49.7 Å². The van der Waals surface area contributed by atoms with Crippen molar-refractivity contribution in [2.75, 3.05) is 26.2 Å². The molecule has 1 aromatic heterocycles. The fraction of sp³-hybridized carbons (Fsp3) is 0.333. The van der Waals surface area contributed by atoms with Crippen molar-refractivity contribution in [3.8, 4) is 11.4 Å². The molecule has 0 aliphatic carbocycles. The quantitative estimate of drug-likeness (QED) is 0.618. The molecule has 9 heteroatoms. The van der Waals surface area contributed by atoms with Crippen LogP contribution in [0.15, 0.2) is 57.9 Å². The lowest BCUT2D eigenvalue weighted by molar-refractivity contribution is 0.124. The van der Waals surface area contributed by atoms with Gasteiger partial charge in [-0.25, -0.2) is 12.8 Å². The van der Waals surface area contributed by atoms with Crippen LogP contribution in [0.1, 0.15) is 24.4 Å². The second kappa shape index (κ2) is 8.25. The van der Waals surface area contributed by atoms with Gasteiger partial charge in [0.15, 0.2) is 0 Å². The highest BCUT2D eigenvalue weighted by Gasteiger charge is 2.31. The van der Waals surface area contributed by atoms with E-state index >= 15 is 0 Å². The Morgan fingerprint density at radius 1 is 1.07 bits per heavy atom. The van der Waals surface area contributed by atoms with E-state index in [1.165, 1.54) is 10.4 Å². The van der Waals surface area contributed by atoms with Crippen LogP contribution in [-0.2, 0) is 10.0 Å². The number of benzene rings is 2. The van der Waals surface area contributed by atoms with Crippen molar-refractivity contribution in [1.82, 2.24) is 19.3 Å². The molecule has 0 radical (unpaired) electrons. The summed E-state index contributed by atoms with van der Waals surface area (Å²) in [6.45, 7) is 5.53. The summed E-state index contributed by atoms with van der Waals surface area (Å²) in [5.41, 5.74) is 1.21. The maximum absolute atomic E-state index is 13.5. The number of aryl methyl sites for hydroxylation is 1. The molecule has 1 unspecified atom stereocenters. The van der Waals surface area contributed by atoms with Crippen LogP contribution in [0.2, 0.25) is 0 Å². The van der Waals surface area contributed by atoms with E-state index in [1.807, 2.05) is 6.92 Å². The van der Waals surface area contributed by atoms with Crippen LogP contribution in [0.25, 0.3) is 11.4 Å². The number of aromatic nitrogens is 2. The van der Waals surface area contributed by atoms with Crippen LogP contribution in [-0.4, -0.2) is 53.9 Å². The summed E-state index contributed by atoms with van der Waals surface area (Å²) in [5, 5.41) is 4.03. The van der Waals surface area contributed by atoms with Crippen molar-refractivity contribution in [2.45, 2.75) is 24.8 Å². The van der Waals surface area contributed by atoms with E-state index in [-0.39, 0.29) is 11.9 Å². The van der Waals surface area contributed by atoms with Crippen LogP contribution in [0.4, 0.5) is 4.39 Å². The highest BCUT2D eigenvalue weighted by atomic mass is 32.2. The predicted molar refractivity (Wildman–Crippen MR) is 110 cm³/mol. The highest BCUT2D eigenvalue weighted by Crippen LogP contribution is 2.26. The van der Waals surface area contributed by atoms with Gasteiger partial charge < -0.3 is 4.52 Å². The first-order chi connectivity index (χ1) is 14.4. The zero-order valence-electron chi connectivity index (χ0n) is 16.8. The fourth-order valence-corrected chi connectivity index (χ4v) is 4.98. The van der Waals surface area contributed by atoms with Crippen molar-refractivity contribution >= 4 is 10.0 Å². The molecule has 3 aromatic rings. The molecule has 158 valence electrons. The molecule has 7 nitrogen and oxygen atoms in total. The standard InChI is InChI=1S/C21H23FN4O3S/c1-15-14-17(8-9-19(15)22)20-23-21(29-24-20)16(2)25-10-12-26(13-11-25)30(27,28)18-6-4-3-5-7-18/h3-9,14,16H,10-13H2,1-2H3. The molecule has 1 atom stereocenters. The normalized spacial score (nSPS) is 17.2. The summed E-state index contributed by atoms with van der Waals surface area (Å²) in [4.78, 5) is 6.89. The summed E-state index contributed by atoms with van der Waals surface area (Å²) >= 11 is 0. The van der Waals surface area contributed by atoms with E-state index in [4.69, 9.17) is 4.52 Å². The minimum Gasteiger partial charge on any atom is -0.337 e. The SMILES string of the molecule is Cc1cc(-c2noc(C(C)N3CCN(S(=O)(=O)c4ccccc4)CC3)n2)ccc1F. The molecule has 0 N–H and O–H groups in total. The number of nitrogens with zero attached hydrogens (tertiary/aromatic N) is 4. The second-order valence-corrected chi connectivity index (χ2v) is 9.29. The largest absolute Gasteiger partial charge is 0.337 e. The summed E-state index contributed by atoms with van der Waals surface area (Å²) in [6, 6.07) is 13.0. The molecule has 0 bridgehead atoms. The Morgan fingerprint density at radius 3 is 2.43 bits per heavy atom. The Balaban J connectivity index is 1.43. The number of piperazine rings is 1. The molecular weight excluding hydrogens is 407 g/mol. The first-order valence-corrected chi connectivity index (χ1v) is 11.2. The molecule has 0 amide bonds. The third kappa shape index (κ3) is 4.00. The van der Waals surface area contributed by atoms with Crippen molar-refractivity contribution in [1.29, 1.82) is 0 Å². The van der Waals surface area contributed by atoms with Crippen LogP contribution in [0, 0.1) is 12.7 Å². The van der Waals surface area contributed by atoms with E-state index in [9.17, 15) is 12.8 Å². The van der Waals surface area contributed by atoms with Gasteiger partial charge in [-0.15, -0.1) is 0 Å². The van der Waals surface area contributed by atoms with Gasteiger partial charge >= 0.3 is 0 Å². The van der Waals surface area contributed by atoms with Crippen LogP contribution in [0.5, 0.6) is 0 Å². The van der Waals surface area contributed by atoms with Gasteiger partial charge in [0, 0.05) is 31.7 Å². The lowest BCUT2D eigenvalue weighted by Crippen LogP contribution is -2.49. The van der Waals surface area contributed by atoms with Gasteiger partial charge in [-0.1, -0.05) is 23.4 Å². The van der Waals surface area contributed by atoms with Gasteiger partial charge in [-0.2, -0.15) is 9.29 Å². The molecule has 0 spiro atoms. The zero-order valence-corrected chi connectivity index (χ0v) is 17.6. The molecule has 2 aromatic carbocycles. The Morgan fingerprint density at radius 2 is 1.77 bits per heavy atom. The smallest absolute Gasteiger partial charge is 0.244 e. The average molecular weight is 431 g/mol. The number of rotatable bonds is 5. The number of sulfonamides is 1. The van der Waals surface area contributed by atoms with Crippen molar-refractivity contribution in [2.24, 2.45) is 0 Å². The Bertz CT molecular complexity index is 1130. The maximum Gasteiger partial charge on any atom is 0.244 e. The molecule has 1 aliphatic heterocycles. The highest BCUT2D eigenvalue weighted by molar-refractivity contribution is 7.89. The van der Waals surface area contributed by atoms with E-state index in [0.29, 0.717) is 53.9 Å². The fourth-order valence-electron chi connectivity index (χ4n) is 3.53. The zero-order chi connectivity index (χ0) is 21.3. The monoisotopic (exact) mass is 430 g/mol. The predicted octanol–water partition coefficient (Wildman–Crippen LogP) is 3.25. The Labute approximate surface area is 175 Å². The van der Waals surface area contributed by atoms with Crippen LogP contribution >= 0.6 is 0 Å². The molecule has 1 fully saturated rings. The number of hydrogen-bond acceptors (Lipinski definition) is 6. The minimum absolute atomic E-state index is 0.158. The average Bonchev–Trinajstić information content (AvgIpc) is 3.26. The molecule has 1 saturated heterocycles. The lowest BCUT2D eigenvalue weighted by atomic mass is 10.1. The summed E-state index contributed by atoms with van der Waals surface area (Å²) in [6.07, 6.45) is 0. The third-order valence-electron chi connectivity index (χ3n) is 5.42. The lowest BCUT2D eigenvalue weighted by Gasteiger charge is -2.36. The van der Waals surface area contributed by atoms with E-state index in [0.717, 1.165) is 0 Å². The number of hydrogen-bond donors (Lipinski definition) is 0. The summed E-state index contributed by atoms with van der Waals surface area (Å²) in [5.74, 6) is 0.579. The van der Waals surface area contributed by atoms with E-state index in [1.54, 1.807) is 49.4 Å². The third-order valence-corrected chi connectivity index (χ3v) is 7.33. The molecule has 1 aliphatic rings. The Hall–Kier alpha value is -2.62. The van der Waals surface area contributed by atoms with Crippen molar-refractivity contribution in [3.63, 3.8) is 0 Å². The Kier molecular flexibility index (Phi) is 5.68. The van der Waals surface area contributed by atoms with Gasteiger partial charge in [0.2, 0.25) is 21.7 Å². The maximum atomic E-state index is 13.5. The summed E-state index contributed by atoms with van der Waals surface area (Å²) in [7, 11) is -3.49. The molecule has 2 heterocycles. The first kappa shape index (κ1) is 20.6. The van der Waals surface area contributed by atoms with Gasteiger partial charge in [-0.3, -0.25) is 4.90 Å². The van der Waals surface area contributed by atoms with Crippen LogP contribution < -0.4 is 0 Å². The van der Waals surface area contributed by atoms with Crippen molar-refractivity contribution in [3.05, 3.63) is 65.8 Å². The van der Waals surface area contributed by atoms with Gasteiger partial charge in [0.1, 0.15) is 5.82 Å². The van der Waals surface area contributed by atoms with Crippen molar-refractivity contribution < 1.29 is 17.3 Å².